The van der Waals surface area contributed by atoms with E-state index in [1.807, 2.05) is 31.2 Å². The van der Waals surface area contributed by atoms with Crippen LogP contribution >= 0.6 is 0 Å². The number of hydrogen-bond acceptors (Lipinski definition) is 5. The second-order valence-electron chi connectivity index (χ2n) is 6.75. The van der Waals surface area contributed by atoms with E-state index in [-0.39, 0.29) is 5.97 Å². The standard InChI is InChI=1S/C22H35N3O2/c1-4-14-24(15-5-2)16-7-8-17-25(18-13-22(26)27-6-3)21-11-9-20(19-23)10-12-21/h9-12H,4-8,13-18H2,1-3H3. The molecule has 1 aromatic carbocycles. The molecule has 0 fully saturated rings. The minimum Gasteiger partial charge on any atom is -0.466 e. The molecule has 0 unspecified atom stereocenters. The summed E-state index contributed by atoms with van der Waals surface area (Å²) in [7, 11) is 0. The second-order valence-corrected chi connectivity index (χ2v) is 6.75. The van der Waals surface area contributed by atoms with Gasteiger partial charge in [0.25, 0.3) is 0 Å². The van der Waals surface area contributed by atoms with Crippen molar-refractivity contribution in [3.63, 3.8) is 0 Å². The van der Waals surface area contributed by atoms with Crippen molar-refractivity contribution in [2.24, 2.45) is 0 Å². The lowest BCUT2D eigenvalue weighted by Crippen LogP contribution is -2.30. The number of nitriles is 1. The Balaban J connectivity index is 2.59. The monoisotopic (exact) mass is 373 g/mol. The first-order chi connectivity index (χ1) is 13.1. The van der Waals surface area contributed by atoms with Crippen molar-refractivity contribution in [2.45, 2.75) is 52.9 Å². The van der Waals surface area contributed by atoms with E-state index in [1.165, 1.54) is 12.8 Å². The van der Waals surface area contributed by atoms with Crippen LogP contribution in [0, 0.1) is 11.3 Å². The molecule has 0 aromatic heterocycles. The van der Waals surface area contributed by atoms with Gasteiger partial charge in [0.1, 0.15) is 0 Å². The van der Waals surface area contributed by atoms with E-state index in [4.69, 9.17) is 10.00 Å². The van der Waals surface area contributed by atoms with Crippen LogP contribution in [-0.4, -0.2) is 50.2 Å². The van der Waals surface area contributed by atoms with Gasteiger partial charge in [-0.2, -0.15) is 5.26 Å². The van der Waals surface area contributed by atoms with Gasteiger partial charge in [0.05, 0.1) is 24.7 Å². The van der Waals surface area contributed by atoms with Gasteiger partial charge < -0.3 is 14.5 Å². The van der Waals surface area contributed by atoms with Crippen molar-refractivity contribution < 1.29 is 9.53 Å². The Morgan fingerprint density at radius 1 is 0.963 bits per heavy atom. The smallest absolute Gasteiger partial charge is 0.307 e. The molecular formula is C22H35N3O2. The van der Waals surface area contributed by atoms with Crippen LogP contribution in [-0.2, 0) is 9.53 Å². The van der Waals surface area contributed by atoms with Crippen molar-refractivity contribution in [3.05, 3.63) is 29.8 Å². The summed E-state index contributed by atoms with van der Waals surface area (Å²) in [5, 5.41) is 8.99. The molecule has 0 bridgehead atoms. The van der Waals surface area contributed by atoms with Gasteiger partial charge >= 0.3 is 5.97 Å². The fourth-order valence-corrected chi connectivity index (χ4v) is 3.18. The van der Waals surface area contributed by atoms with Crippen LogP contribution in [0.15, 0.2) is 24.3 Å². The number of hydrogen-bond donors (Lipinski definition) is 0. The number of esters is 1. The lowest BCUT2D eigenvalue weighted by molar-refractivity contribution is -0.142. The van der Waals surface area contributed by atoms with Crippen LogP contribution in [0.2, 0.25) is 0 Å². The Bertz CT molecular complexity index is 560. The number of carbonyl (C=O) groups excluding carboxylic acids is 1. The van der Waals surface area contributed by atoms with E-state index in [0.29, 0.717) is 25.1 Å². The summed E-state index contributed by atoms with van der Waals surface area (Å²) < 4.78 is 5.06. The van der Waals surface area contributed by atoms with Crippen molar-refractivity contribution in [1.29, 1.82) is 5.26 Å². The van der Waals surface area contributed by atoms with Gasteiger partial charge in [-0.15, -0.1) is 0 Å². The van der Waals surface area contributed by atoms with E-state index in [0.717, 1.165) is 44.7 Å². The lowest BCUT2D eigenvalue weighted by atomic mass is 10.2. The minimum absolute atomic E-state index is 0.159. The number of anilines is 1. The number of rotatable bonds is 14. The first kappa shape index (κ1) is 23.0. The van der Waals surface area contributed by atoms with Gasteiger partial charge in [-0.05, 0) is 76.5 Å². The zero-order valence-electron chi connectivity index (χ0n) is 17.2. The van der Waals surface area contributed by atoms with E-state index in [1.54, 1.807) is 0 Å². The van der Waals surface area contributed by atoms with Gasteiger partial charge in [0.15, 0.2) is 0 Å². The molecule has 150 valence electrons. The molecule has 0 aliphatic rings. The number of nitrogens with zero attached hydrogens (tertiary/aromatic N) is 3. The maximum atomic E-state index is 11.7. The highest BCUT2D eigenvalue weighted by atomic mass is 16.5. The van der Waals surface area contributed by atoms with Gasteiger partial charge in [0.2, 0.25) is 0 Å². The zero-order chi connectivity index (χ0) is 19.9. The minimum atomic E-state index is -0.159. The van der Waals surface area contributed by atoms with Crippen molar-refractivity contribution >= 4 is 11.7 Å². The summed E-state index contributed by atoms with van der Waals surface area (Å²) in [5.41, 5.74) is 1.70. The zero-order valence-corrected chi connectivity index (χ0v) is 17.2. The quantitative estimate of drug-likeness (QED) is 0.361. The van der Waals surface area contributed by atoms with Crippen LogP contribution in [0.1, 0.15) is 58.4 Å². The Kier molecular flexibility index (Phi) is 12.0. The molecule has 5 nitrogen and oxygen atoms in total. The normalized spacial score (nSPS) is 10.6. The third kappa shape index (κ3) is 9.44. The molecule has 0 atom stereocenters. The van der Waals surface area contributed by atoms with Crippen molar-refractivity contribution in [3.8, 4) is 6.07 Å². The number of benzene rings is 1. The number of carbonyl (C=O) groups is 1. The van der Waals surface area contributed by atoms with Crippen molar-refractivity contribution in [2.75, 3.05) is 44.2 Å². The summed E-state index contributed by atoms with van der Waals surface area (Å²) in [6.07, 6.45) is 4.98. The third-order valence-corrected chi connectivity index (χ3v) is 4.48. The topological polar surface area (TPSA) is 56.6 Å². The van der Waals surface area contributed by atoms with Crippen LogP contribution in [0.4, 0.5) is 5.69 Å². The highest BCUT2D eigenvalue weighted by Gasteiger charge is 2.11. The molecule has 5 heteroatoms. The average Bonchev–Trinajstić information content (AvgIpc) is 2.68. The Morgan fingerprint density at radius 3 is 2.15 bits per heavy atom. The van der Waals surface area contributed by atoms with E-state index in [2.05, 4.69) is 29.7 Å². The van der Waals surface area contributed by atoms with Crippen LogP contribution < -0.4 is 4.90 Å². The maximum Gasteiger partial charge on any atom is 0.307 e. The molecule has 0 aliphatic heterocycles. The van der Waals surface area contributed by atoms with Gasteiger partial charge in [0, 0.05) is 18.8 Å². The first-order valence-electron chi connectivity index (χ1n) is 10.3. The molecule has 0 spiro atoms. The van der Waals surface area contributed by atoms with Crippen LogP contribution in [0.3, 0.4) is 0 Å². The molecule has 1 rings (SSSR count). The Labute approximate surface area is 164 Å². The fourth-order valence-electron chi connectivity index (χ4n) is 3.18. The van der Waals surface area contributed by atoms with E-state index >= 15 is 0 Å². The van der Waals surface area contributed by atoms with Crippen molar-refractivity contribution in [1.82, 2.24) is 4.90 Å². The summed E-state index contributed by atoms with van der Waals surface area (Å²) in [6.45, 7) is 11.7. The van der Waals surface area contributed by atoms with Gasteiger partial charge in [-0.3, -0.25) is 4.79 Å². The molecule has 0 heterocycles. The molecule has 0 aliphatic carbocycles. The summed E-state index contributed by atoms with van der Waals surface area (Å²) in [6, 6.07) is 9.74. The van der Waals surface area contributed by atoms with Crippen LogP contribution in [0.5, 0.6) is 0 Å². The fraction of sp³-hybridized carbons (Fsp3) is 0.636. The predicted molar refractivity (Wildman–Crippen MR) is 111 cm³/mol. The van der Waals surface area contributed by atoms with Gasteiger partial charge in [-0.25, -0.2) is 0 Å². The first-order valence-corrected chi connectivity index (χ1v) is 10.3. The summed E-state index contributed by atoms with van der Waals surface area (Å²) >= 11 is 0. The third-order valence-electron chi connectivity index (χ3n) is 4.48. The molecule has 27 heavy (non-hydrogen) atoms. The highest BCUT2D eigenvalue weighted by molar-refractivity contribution is 5.70. The molecule has 0 saturated carbocycles. The molecular weight excluding hydrogens is 338 g/mol. The Hall–Kier alpha value is -2.06. The Morgan fingerprint density at radius 2 is 1.59 bits per heavy atom. The van der Waals surface area contributed by atoms with Crippen LogP contribution in [0.25, 0.3) is 0 Å². The number of unbranched alkanes of at least 4 members (excludes halogenated alkanes) is 1. The molecule has 1 aromatic rings. The van der Waals surface area contributed by atoms with E-state index < -0.39 is 0 Å². The maximum absolute atomic E-state index is 11.7. The largest absolute Gasteiger partial charge is 0.466 e. The predicted octanol–water partition coefficient (Wildman–Crippen LogP) is 4.22. The number of ether oxygens (including phenoxy) is 1. The summed E-state index contributed by atoms with van der Waals surface area (Å²) in [4.78, 5) is 16.5. The van der Waals surface area contributed by atoms with E-state index in [9.17, 15) is 4.79 Å². The van der Waals surface area contributed by atoms with Gasteiger partial charge in [-0.1, -0.05) is 13.8 Å². The average molecular weight is 374 g/mol. The molecule has 0 radical (unpaired) electrons. The lowest BCUT2D eigenvalue weighted by Gasteiger charge is -2.26. The SMILES string of the molecule is CCCN(CCC)CCCCN(CCC(=O)OCC)c1ccc(C#N)cc1. The second kappa shape index (κ2) is 14.1. The highest BCUT2D eigenvalue weighted by Crippen LogP contribution is 2.17. The molecule has 0 saturated heterocycles. The molecule has 0 N–H and O–H groups in total. The molecule has 0 amide bonds. The summed E-state index contributed by atoms with van der Waals surface area (Å²) in [5.74, 6) is -0.159.